The highest BCUT2D eigenvalue weighted by Gasteiger charge is 2.21. The molecule has 0 radical (unpaired) electrons. The Kier molecular flexibility index (Phi) is 4.61. The van der Waals surface area contributed by atoms with E-state index < -0.39 is 5.92 Å². The van der Waals surface area contributed by atoms with Crippen LogP contribution < -0.4 is 10.4 Å². The lowest BCUT2D eigenvalue weighted by Gasteiger charge is -2.18. The van der Waals surface area contributed by atoms with E-state index in [1.165, 1.54) is 0 Å². The molecule has 1 N–H and O–H groups in total. The van der Waals surface area contributed by atoms with Crippen molar-refractivity contribution in [1.29, 1.82) is 0 Å². The molecule has 1 aromatic heterocycles. The van der Waals surface area contributed by atoms with Gasteiger partial charge >= 0.3 is 0 Å². The number of amides is 1. The summed E-state index contributed by atoms with van der Waals surface area (Å²) >= 11 is 0. The molecule has 0 unspecified atom stereocenters. The number of tetrazole rings is 1. The highest BCUT2D eigenvalue weighted by atomic mass is 16.1. The molecule has 0 saturated heterocycles. The molecule has 0 aliphatic rings. The topological polar surface area (TPSA) is 81.9 Å². The summed E-state index contributed by atoms with van der Waals surface area (Å²) in [6, 6.07) is 21.8. The van der Waals surface area contributed by atoms with Gasteiger partial charge in [0.2, 0.25) is 5.91 Å². The molecule has 1 amide bonds. The Hall–Kier alpha value is -3.54. The fraction of sp³-hybridized carbons (Fsp3) is 0.143. The standard InChI is InChI=1S/C21H19N5O/c1-14-6-4-7-15(12-14)13-18(20-23-25-26-24-20)21(27)22-19-11-5-9-16-8-2-3-10-17(16)19/h2-12,18H,13H2,1H3,(H2,22,23,24,25,26,27)/p-1/t18-/m1/s1. The van der Waals surface area contributed by atoms with E-state index in [2.05, 4.69) is 32.0 Å². The number of benzene rings is 3. The molecule has 4 rings (SSSR count). The predicted octanol–water partition coefficient (Wildman–Crippen LogP) is 3.26. The van der Waals surface area contributed by atoms with Crippen LogP contribution in [0.2, 0.25) is 0 Å². The number of hydrogen-bond donors (Lipinski definition) is 1. The Morgan fingerprint density at radius 3 is 2.70 bits per heavy atom. The van der Waals surface area contributed by atoms with Crippen LogP contribution in [-0.2, 0) is 11.2 Å². The maximum atomic E-state index is 13.1. The molecule has 1 atom stereocenters. The van der Waals surface area contributed by atoms with Crippen LogP contribution in [0.3, 0.4) is 0 Å². The summed E-state index contributed by atoms with van der Waals surface area (Å²) in [4.78, 5) is 13.1. The van der Waals surface area contributed by atoms with Crippen molar-refractivity contribution in [2.45, 2.75) is 19.3 Å². The van der Waals surface area contributed by atoms with Crippen molar-refractivity contribution in [3.63, 3.8) is 0 Å². The van der Waals surface area contributed by atoms with Gasteiger partial charge in [-0.25, -0.2) is 0 Å². The van der Waals surface area contributed by atoms with E-state index in [4.69, 9.17) is 0 Å². The average molecular weight is 356 g/mol. The van der Waals surface area contributed by atoms with Crippen LogP contribution >= 0.6 is 0 Å². The van der Waals surface area contributed by atoms with Crippen LogP contribution in [0.25, 0.3) is 10.8 Å². The van der Waals surface area contributed by atoms with Crippen molar-refractivity contribution >= 4 is 22.4 Å². The lowest BCUT2D eigenvalue weighted by atomic mass is 9.96. The monoisotopic (exact) mass is 356 g/mol. The second-order valence-electron chi connectivity index (χ2n) is 6.50. The first kappa shape index (κ1) is 16.9. The molecular formula is C21H18N5O-. The third-order valence-electron chi connectivity index (χ3n) is 4.53. The molecule has 27 heavy (non-hydrogen) atoms. The van der Waals surface area contributed by atoms with Crippen LogP contribution in [0.15, 0.2) is 66.7 Å². The van der Waals surface area contributed by atoms with E-state index >= 15 is 0 Å². The van der Waals surface area contributed by atoms with Crippen molar-refractivity contribution in [3.05, 3.63) is 83.7 Å². The normalized spacial score (nSPS) is 12.0. The number of fused-ring (bicyclic) bond motifs is 1. The van der Waals surface area contributed by atoms with Gasteiger partial charge in [-0.05, 0) is 30.4 Å². The van der Waals surface area contributed by atoms with Crippen molar-refractivity contribution in [3.8, 4) is 0 Å². The Morgan fingerprint density at radius 1 is 1.07 bits per heavy atom. The first-order chi connectivity index (χ1) is 13.2. The zero-order chi connectivity index (χ0) is 18.6. The molecule has 0 saturated carbocycles. The van der Waals surface area contributed by atoms with Crippen molar-refractivity contribution < 1.29 is 4.79 Å². The van der Waals surface area contributed by atoms with Gasteiger partial charge < -0.3 is 10.4 Å². The number of aromatic nitrogens is 4. The fourth-order valence-corrected chi connectivity index (χ4v) is 3.22. The smallest absolute Gasteiger partial charge is 0.232 e. The quantitative estimate of drug-likeness (QED) is 0.593. The van der Waals surface area contributed by atoms with Gasteiger partial charge in [0, 0.05) is 16.9 Å². The number of anilines is 1. The van der Waals surface area contributed by atoms with Gasteiger partial charge in [0.1, 0.15) is 0 Å². The third-order valence-corrected chi connectivity index (χ3v) is 4.53. The Morgan fingerprint density at radius 2 is 1.89 bits per heavy atom. The summed E-state index contributed by atoms with van der Waals surface area (Å²) in [6.45, 7) is 2.02. The number of nitrogens with one attached hydrogen (secondary N) is 1. The second kappa shape index (κ2) is 7.37. The van der Waals surface area contributed by atoms with Gasteiger partial charge in [-0.2, -0.15) is 5.21 Å². The summed E-state index contributed by atoms with van der Waals surface area (Å²) in [6.07, 6.45) is 0.478. The van der Waals surface area contributed by atoms with Gasteiger partial charge in [0.25, 0.3) is 0 Å². The molecule has 0 fully saturated rings. The van der Waals surface area contributed by atoms with E-state index in [0.29, 0.717) is 12.2 Å². The minimum Gasteiger partial charge on any atom is -0.335 e. The molecule has 0 aliphatic carbocycles. The summed E-state index contributed by atoms with van der Waals surface area (Å²) < 4.78 is 0. The minimum atomic E-state index is -0.569. The molecule has 6 heteroatoms. The van der Waals surface area contributed by atoms with Crippen LogP contribution in [0, 0.1) is 6.92 Å². The molecule has 0 aliphatic heterocycles. The number of carbonyl (C=O) groups excluding carboxylic acids is 1. The van der Waals surface area contributed by atoms with Crippen LogP contribution in [0.1, 0.15) is 22.9 Å². The van der Waals surface area contributed by atoms with Crippen LogP contribution in [0.4, 0.5) is 5.69 Å². The highest BCUT2D eigenvalue weighted by molar-refractivity contribution is 6.04. The number of aryl methyl sites for hydroxylation is 1. The highest BCUT2D eigenvalue weighted by Crippen LogP contribution is 2.25. The molecule has 0 bridgehead atoms. The maximum Gasteiger partial charge on any atom is 0.232 e. The lowest BCUT2D eigenvalue weighted by molar-refractivity contribution is -0.117. The molecule has 1 heterocycles. The van der Waals surface area contributed by atoms with Crippen molar-refractivity contribution in [2.24, 2.45) is 0 Å². The first-order valence-corrected chi connectivity index (χ1v) is 8.73. The Bertz CT molecular complexity index is 1070. The van der Waals surface area contributed by atoms with Gasteiger partial charge in [-0.1, -0.05) is 66.2 Å². The van der Waals surface area contributed by atoms with Gasteiger partial charge in [0.15, 0.2) is 0 Å². The first-order valence-electron chi connectivity index (χ1n) is 8.73. The number of nitrogens with zero attached hydrogens (tertiary/aromatic N) is 4. The molecule has 0 spiro atoms. The molecule has 6 nitrogen and oxygen atoms in total. The summed E-state index contributed by atoms with van der Waals surface area (Å²) in [7, 11) is 0. The lowest BCUT2D eigenvalue weighted by Crippen LogP contribution is -2.24. The van der Waals surface area contributed by atoms with E-state index in [1.807, 2.05) is 67.6 Å². The average Bonchev–Trinajstić information content (AvgIpc) is 3.21. The molecule has 134 valence electrons. The minimum absolute atomic E-state index is 0.178. The summed E-state index contributed by atoms with van der Waals surface area (Å²) in [5, 5.41) is 20.0. The van der Waals surface area contributed by atoms with Crippen molar-refractivity contribution in [2.75, 3.05) is 5.32 Å². The zero-order valence-corrected chi connectivity index (χ0v) is 14.8. The van der Waals surface area contributed by atoms with Crippen LogP contribution in [0.5, 0.6) is 0 Å². The predicted molar refractivity (Wildman–Crippen MR) is 103 cm³/mol. The van der Waals surface area contributed by atoms with E-state index in [1.54, 1.807) is 0 Å². The van der Waals surface area contributed by atoms with Crippen LogP contribution in [-0.4, -0.2) is 21.4 Å². The maximum absolute atomic E-state index is 13.1. The van der Waals surface area contributed by atoms with E-state index in [0.717, 1.165) is 27.6 Å². The molecule has 4 aromatic rings. The number of rotatable bonds is 5. The van der Waals surface area contributed by atoms with E-state index in [9.17, 15) is 4.79 Å². The number of hydrogen-bond acceptors (Lipinski definition) is 4. The SMILES string of the molecule is Cc1cccc(C[C@@H](C(=O)Nc2cccc3ccccc23)c2nnn[n-]2)c1. The Balaban J connectivity index is 1.64. The Labute approximate surface area is 156 Å². The fourth-order valence-electron chi connectivity index (χ4n) is 3.22. The molecular weight excluding hydrogens is 338 g/mol. The van der Waals surface area contributed by atoms with Gasteiger partial charge in [-0.3, -0.25) is 15.1 Å². The van der Waals surface area contributed by atoms with Gasteiger partial charge in [0.05, 0.1) is 5.92 Å². The van der Waals surface area contributed by atoms with E-state index in [-0.39, 0.29) is 5.91 Å². The number of carbonyl (C=O) groups is 1. The van der Waals surface area contributed by atoms with Crippen molar-refractivity contribution in [1.82, 2.24) is 20.6 Å². The summed E-state index contributed by atoms with van der Waals surface area (Å²) in [5.41, 5.74) is 2.94. The van der Waals surface area contributed by atoms with Gasteiger partial charge in [-0.15, -0.1) is 0 Å². The summed E-state index contributed by atoms with van der Waals surface area (Å²) in [5.74, 6) is -0.419. The largest absolute Gasteiger partial charge is 0.335 e. The zero-order valence-electron chi connectivity index (χ0n) is 14.8. The third kappa shape index (κ3) is 3.69. The molecule has 3 aromatic carbocycles. The second-order valence-corrected chi connectivity index (χ2v) is 6.50.